The molecule has 0 saturated heterocycles. The lowest BCUT2D eigenvalue weighted by Crippen LogP contribution is -2.15. The van der Waals surface area contributed by atoms with Crippen molar-refractivity contribution in [1.82, 2.24) is 0 Å². The first kappa shape index (κ1) is 48.6. The Balaban J connectivity index is 3.04. The van der Waals surface area contributed by atoms with Gasteiger partial charge in [0.05, 0.1) is 138 Å². The molecule has 0 heterocycles. The molecule has 0 aromatic heterocycles. The standard InChI is InChI=1S/C38H78O11/c1-4-5-6-7-8-9-10-11-12-13-14-15-16-17-39-18-19-40-20-21-41-22-23-42-24-25-43-26-27-44-28-29-45-30-31-46-32-33-47-34-35-48-36-37-49-38(2)3/h38H,4-37H2,1-3H3. The van der Waals surface area contributed by atoms with Crippen LogP contribution in [0.4, 0.5) is 0 Å². The van der Waals surface area contributed by atoms with Crippen LogP contribution in [0.25, 0.3) is 0 Å². The first-order valence-corrected chi connectivity index (χ1v) is 19.7. The largest absolute Gasteiger partial charge is 0.379 e. The highest BCUT2D eigenvalue weighted by atomic mass is 16.6. The molecule has 0 saturated carbocycles. The smallest absolute Gasteiger partial charge is 0.0703 e. The number of unbranched alkanes of at least 4 members (excludes halogenated alkanes) is 12. The van der Waals surface area contributed by atoms with E-state index in [1.54, 1.807) is 0 Å². The lowest BCUT2D eigenvalue weighted by molar-refractivity contribution is -0.0286. The molecule has 0 radical (unpaired) electrons. The summed E-state index contributed by atoms with van der Waals surface area (Å²) in [6.07, 6.45) is 18.0. The van der Waals surface area contributed by atoms with Gasteiger partial charge in [0.25, 0.3) is 0 Å². The molecule has 0 amide bonds. The third kappa shape index (κ3) is 47.6. The van der Waals surface area contributed by atoms with E-state index in [4.69, 9.17) is 52.1 Å². The molecular weight excluding hydrogens is 632 g/mol. The minimum Gasteiger partial charge on any atom is -0.379 e. The van der Waals surface area contributed by atoms with Crippen LogP contribution in [-0.4, -0.2) is 145 Å². The van der Waals surface area contributed by atoms with Crippen molar-refractivity contribution in [2.75, 3.05) is 139 Å². The van der Waals surface area contributed by atoms with Crippen LogP contribution in [0.15, 0.2) is 0 Å². The van der Waals surface area contributed by atoms with E-state index in [-0.39, 0.29) is 6.10 Å². The molecule has 0 aliphatic rings. The van der Waals surface area contributed by atoms with E-state index in [1.807, 2.05) is 13.8 Å². The molecule has 0 aromatic rings. The van der Waals surface area contributed by atoms with Crippen molar-refractivity contribution in [3.8, 4) is 0 Å². The molecule has 0 aromatic carbocycles. The Labute approximate surface area is 300 Å². The van der Waals surface area contributed by atoms with Crippen molar-refractivity contribution < 1.29 is 52.1 Å². The quantitative estimate of drug-likeness (QED) is 0.0634. The lowest BCUT2D eigenvalue weighted by Gasteiger charge is -2.09. The van der Waals surface area contributed by atoms with E-state index in [0.29, 0.717) is 132 Å². The molecule has 0 atom stereocenters. The van der Waals surface area contributed by atoms with Crippen molar-refractivity contribution in [2.45, 2.75) is 110 Å². The summed E-state index contributed by atoms with van der Waals surface area (Å²) >= 11 is 0. The second-order valence-electron chi connectivity index (χ2n) is 12.3. The zero-order chi connectivity index (χ0) is 35.4. The van der Waals surface area contributed by atoms with Crippen LogP contribution in [0.3, 0.4) is 0 Å². The first-order valence-electron chi connectivity index (χ1n) is 19.7. The zero-order valence-corrected chi connectivity index (χ0v) is 32.1. The van der Waals surface area contributed by atoms with Crippen LogP contribution in [0, 0.1) is 0 Å². The van der Waals surface area contributed by atoms with Gasteiger partial charge >= 0.3 is 0 Å². The van der Waals surface area contributed by atoms with Gasteiger partial charge in [-0.25, -0.2) is 0 Å². The lowest BCUT2D eigenvalue weighted by atomic mass is 10.0. The fourth-order valence-corrected chi connectivity index (χ4v) is 4.65. The molecule has 296 valence electrons. The molecule has 49 heavy (non-hydrogen) atoms. The van der Waals surface area contributed by atoms with Crippen molar-refractivity contribution in [2.24, 2.45) is 0 Å². The van der Waals surface area contributed by atoms with E-state index >= 15 is 0 Å². The Kier molecular flexibility index (Phi) is 45.2. The van der Waals surface area contributed by atoms with Gasteiger partial charge in [-0.3, -0.25) is 0 Å². The fourth-order valence-electron chi connectivity index (χ4n) is 4.65. The first-order chi connectivity index (χ1) is 24.3. The summed E-state index contributed by atoms with van der Waals surface area (Å²) in [4.78, 5) is 0. The van der Waals surface area contributed by atoms with E-state index in [0.717, 1.165) is 13.0 Å². The van der Waals surface area contributed by atoms with Gasteiger partial charge in [-0.1, -0.05) is 84.0 Å². The van der Waals surface area contributed by atoms with E-state index in [1.165, 1.54) is 77.0 Å². The topological polar surface area (TPSA) is 102 Å². The molecule has 0 aliphatic carbocycles. The van der Waals surface area contributed by atoms with Gasteiger partial charge < -0.3 is 52.1 Å². The zero-order valence-electron chi connectivity index (χ0n) is 32.1. The summed E-state index contributed by atoms with van der Waals surface area (Å²) in [5.74, 6) is 0. The predicted octanol–water partition coefficient (Wildman–Crippen LogP) is 6.67. The third-order valence-electron chi connectivity index (χ3n) is 7.42. The third-order valence-corrected chi connectivity index (χ3v) is 7.42. The summed E-state index contributed by atoms with van der Waals surface area (Å²) < 4.78 is 60.5. The second kappa shape index (κ2) is 45.6. The molecule has 0 aliphatic heterocycles. The molecule has 0 spiro atoms. The van der Waals surface area contributed by atoms with Gasteiger partial charge in [-0.15, -0.1) is 0 Å². The average Bonchev–Trinajstić information content (AvgIpc) is 3.10. The van der Waals surface area contributed by atoms with Gasteiger partial charge in [0.2, 0.25) is 0 Å². The Bertz CT molecular complexity index is 572. The minimum atomic E-state index is 0.235. The Morgan fingerprint density at radius 2 is 0.449 bits per heavy atom. The number of hydrogen-bond donors (Lipinski definition) is 0. The summed E-state index contributed by atoms with van der Waals surface area (Å²) in [7, 11) is 0. The van der Waals surface area contributed by atoms with Gasteiger partial charge in [0, 0.05) is 6.61 Å². The van der Waals surface area contributed by atoms with E-state index < -0.39 is 0 Å². The predicted molar refractivity (Wildman–Crippen MR) is 195 cm³/mol. The SMILES string of the molecule is CCCCCCCCCCCCCCCOCCOCCOCCOCCOCCOCCOCCOCCOCCOCCOC(C)C. The molecule has 0 unspecified atom stereocenters. The summed E-state index contributed by atoms with van der Waals surface area (Å²) in [6, 6.07) is 0. The van der Waals surface area contributed by atoms with Crippen LogP contribution in [0.1, 0.15) is 104 Å². The fraction of sp³-hybridized carbons (Fsp3) is 1.00. The molecular formula is C38H78O11. The highest BCUT2D eigenvalue weighted by molar-refractivity contribution is 4.49. The molecule has 0 rings (SSSR count). The van der Waals surface area contributed by atoms with Crippen LogP contribution in [0.2, 0.25) is 0 Å². The molecule has 11 heteroatoms. The number of ether oxygens (including phenoxy) is 11. The van der Waals surface area contributed by atoms with Crippen molar-refractivity contribution in [3.63, 3.8) is 0 Å². The highest BCUT2D eigenvalue weighted by Gasteiger charge is 1.98. The van der Waals surface area contributed by atoms with Gasteiger partial charge in [-0.2, -0.15) is 0 Å². The second-order valence-corrected chi connectivity index (χ2v) is 12.3. The van der Waals surface area contributed by atoms with Crippen LogP contribution >= 0.6 is 0 Å². The average molecular weight is 711 g/mol. The van der Waals surface area contributed by atoms with Gasteiger partial charge in [-0.05, 0) is 20.3 Å². The van der Waals surface area contributed by atoms with Crippen molar-refractivity contribution in [3.05, 3.63) is 0 Å². The van der Waals surface area contributed by atoms with Gasteiger partial charge in [0.1, 0.15) is 0 Å². The maximum Gasteiger partial charge on any atom is 0.0703 e. The molecule has 0 fully saturated rings. The Morgan fingerprint density at radius 1 is 0.245 bits per heavy atom. The van der Waals surface area contributed by atoms with Crippen molar-refractivity contribution in [1.29, 1.82) is 0 Å². The normalized spacial score (nSPS) is 11.8. The van der Waals surface area contributed by atoms with E-state index in [2.05, 4.69) is 6.92 Å². The number of rotatable bonds is 45. The molecule has 11 nitrogen and oxygen atoms in total. The Morgan fingerprint density at radius 3 is 0.694 bits per heavy atom. The van der Waals surface area contributed by atoms with Gasteiger partial charge in [0.15, 0.2) is 0 Å². The minimum absolute atomic E-state index is 0.235. The highest BCUT2D eigenvalue weighted by Crippen LogP contribution is 2.12. The summed E-state index contributed by atoms with van der Waals surface area (Å²) in [5.41, 5.74) is 0. The molecule has 0 bridgehead atoms. The maximum absolute atomic E-state index is 5.68. The Hall–Kier alpha value is -0.440. The van der Waals surface area contributed by atoms with Crippen LogP contribution in [0.5, 0.6) is 0 Å². The monoisotopic (exact) mass is 711 g/mol. The molecule has 0 N–H and O–H groups in total. The van der Waals surface area contributed by atoms with Crippen LogP contribution < -0.4 is 0 Å². The van der Waals surface area contributed by atoms with E-state index in [9.17, 15) is 0 Å². The van der Waals surface area contributed by atoms with Crippen molar-refractivity contribution >= 4 is 0 Å². The maximum atomic E-state index is 5.68. The van der Waals surface area contributed by atoms with Crippen LogP contribution in [-0.2, 0) is 52.1 Å². The summed E-state index contributed by atoms with van der Waals surface area (Å²) in [6.45, 7) is 18.3. The summed E-state index contributed by atoms with van der Waals surface area (Å²) in [5, 5.41) is 0. The number of hydrogen-bond acceptors (Lipinski definition) is 11.